The third-order valence-electron chi connectivity index (χ3n) is 4.10. The molecule has 1 fully saturated rings. The molecule has 0 bridgehead atoms. The summed E-state index contributed by atoms with van der Waals surface area (Å²) in [4.78, 5) is 2.33. The van der Waals surface area contributed by atoms with Gasteiger partial charge in [0, 0.05) is 31.9 Å². The van der Waals surface area contributed by atoms with Gasteiger partial charge in [-0.25, -0.2) is 8.42 Å². The Morgan fingerprint density at radius 2 is 1.67 bits per heavy atom. The monoisotopic (exact) mass is 342 g/mol. The van der Waals surface area contributed by atoms with Crippen LogP contribution in [0.3, 0.4) is 0 Å². The van der Waals surface area contributed by atoms with E-state index < -0.39 is 10.0 Å². The molecule has 124 valence electrons. The van der Waals surface area contributed by atoms with Crippen molar-refractivity contribution < 1.29 is 8.42 Å². The van der Waals surface area contributed by atoms with Gasteiger partial charge in [-0.15, -0.1) is 0 Å². The van der Waals surface area contributed by atoms with Crippen molar-refractivity contribution >= 4 is 21.4 Å². The SMILES string of the molecule is N#Cc1cc(N)ccc1N1CCN(S(=O)(=O)c2ccccc2)CC1. The number of nitriles is 1. The number of nitrogens with zero attached hydrogens (tertiary/aromatic N) is 3. The smallest absolute Gasteiger partial charge is 0.243 e. The van der Waals surface area contributed by atoms with Gasteiger partial charge in [0.15, 0.2) is 0 Å². The maximum atomic E-state index is 12.6. The number of hydrogen-bond donors (Lipinski definition) is 1. The van der Waals surface area contributed by atoms with Gasteiger partial charge in [0.25, 0.3) is 0 Å². The number of sulfonamides is 1. The molecule has 0 saturated carbocycles. The van der Waals surface area contributed by atoms with Crippen LogP contribution in [0.15, 0.2) is 53.4 Å². The van der Waals surface area contributed by atoms with Gasteiger partial charge >= 0.3 is 0 Å². The molecule has 6 nitrogen and oxygen atoms in total. The highest BCUT2D eigenvalue weighted by Crippen LogP contribution is 2.25. The molecule has 2 aromatic carbocycles. The Morgan fingerprint density at radius 1 is 1.00 bits per heavy atom. The molecular weight excluding hydrogens is 324 g/mol. The van der Waals surface area contributed by atoms with E-state index >= 15 is 0 Å². The molecular formula is C17H18N4O2S. The molecule has 7 heteroatoms. The summed E-state index contributed by atoms with van der Waals surface area (Å²) in [6, 6.07) is 15.8. The van der Waals surface area contributed by atoms with Gasteiger partial charge in [0.1, 0.15) is 6.07 Å². The van der Waals surface area contributed by atoms with Crippen molar-refractivity contribution in [2.75, 3.05) is 36.8 Å². The van der Waals surface area contributed by atoms with Crippen LogP contribution in [0, 0.1) is 11.3 Å². The Bertz CT molecular complexity index is 867. The van der Waals surface area contributed by atoms with Crippen molar-refractivity contribution in [3.8, 4) is 6.07 Å². The van der Waals surface area contributed by atoms with Crippen molar-refractivity contribution in [3.05, 3.63) is 54.1 Å². The predicted molar refractivity (Wildman–Crippen MR) is 93.0 cm³/mol. The summed E-state index contributed by atoms with van der Waals surface area (Å²) in [5, 5.41) is 9.26. The fraction of sp³-hybridized carbons (Fsp3) is 0.235. The summed E-state index contributed by atoms with van der Waals surface area (Å²) in [7, 11) is -3.47. The molecule has 2 aromatic rings. The zero-order chi connectivity index (χ0) is 17.2. The van der Waals surface area contributed by atoms with Crippen molar-refractivity contribution in [3.63, 3.8) is 0 Å². The second kappa shape index (κ2) is 6.51. The Kier molecular flexibility index (Phi) is 4.42. The van der Waals surface area contributed by atoms with E-state index in [-0.39, 0.29) is 0 Å². The van der Waals surface area contributed by atoms with E-state index in [1.807, 2.05) is 11.0 Å². The number of nitrogens with two attached hydrogens (primary N) is 1. The van der Waals surface area contributed by atoms with Crippen LogP contribution in [0.5, 0.6) is 0 Å². The van der Waals surface area contributed by atoms with Gasteiger partial charge in [-0.1, -0.05) is 18.2 Å². The average molecular weight is 342 g/mol. The van der Waals surface area contributed by atoms with Gasteiger partial charge < -0.3 is 10.6 Å². The summed E-state index contributed by atoms with van der Waals surface area (Å²) in [5.74, 6) is 0. The van der Waals surface area contributed by atoms with E-state index in [1.54, 1.807) is 42.5 Å². The largest absolute Gasteiger partial charge is 0.399 e. The molecule has 24 heavy (non-hydrogen) atoms. The summed E-state index contributed by atoms with van der Waals surface area (Å²) in [6.45, 7) is 1.83. The van der Waals surface area contributed by atoms with E-state index in [4.69, 9.17) is 5.73 Å². The molecule has 1 aliphatic rings. The molecule has 3 rings (SSSR count). The lowest BCUT2D eigenvalue weighted by molar-refractivity contribution is 0.385. The zero-order valence-corrected chi connectivity index (χ0v) is 13.9. The van der Waals surface area contributed by atoms with Crippen LogP contribution < -0.4 is 10.6 Å². The van der Waals surface area contributed by atoms with Gasteiger partial charge in [-0.2, -0.15) is 9.57 Å². The van der Waals surface area contributed by atoms with Crippen LogP contribution in [0.1, 0.15) is 5.56 Å². The molecule has 0 spiro atoms. The van der Waals surface area contributed by atoms with Crippen LogP contribution in [-0.2, 0) is 10.0 Å². The summed E-state index contributed by atoms with van der Waals surface area (Å²) in [5.41, 5.74) is 7.56. The highest BCUT2D eigenvalue weighted by atomic mass is 32.2. The minimum absolute atomic E-state index is 0.309. The zero-order valence-electron chi connectivity index (χ0n) is 13.1. The van der Waals surface area contributed by atoms with Gasteiger partial charge in [0.2, 0.25) is 10.0 Å². The summed E-state index contributed by atoms with van der Waals surface area (Å²) in [6.07, 6.45) is 0. The fourth-order valence-corrected chi connectivity index (χ4v) is 4.27. The van der Waals surface area contributed by atoms with Gasteiger partial charge in [0.05, 0.1) is 16.1 Å². The van der Waals surface area contributed by atoms with Gasteiger partial charge in [-0.05, 0) is 30.3 Å². The van der Waals surface area contributed by atoms with Crippen LogP contribution in [0.25, 0.3) is 0 Å². The average Bonchev–Trinajstić information content (AvgIpc) is 2.62. The van der Waals surface area contributed by atoms with Crippen LogP contribution in [0.2, 0.25) is 0 Å². The summed E-state index contributed by atoms with van der Waals surface area (Å²) < 4.78 is 26.8. The molecule has 0 unspecified atom stereocenters. The molecule has 0 aliphatic carbocycles. The van der Waals surface area contributed by atoms with Crippen molar-refractivity contribution in [2.45, 2.75) is 4.90 Å². The Morgan fingerprint density at radius 3 is 2.29 bits per heavy atom. The Labute approximate surface area is 141 Å². The maximum absolute atomic E-state index is 12.6. The fourth-order valence-electron chi connectivity index (χ4n) is 2.83. The minimum Gasteiger partial charge on any atom is -0.399 e. The van der Waals surface area contributed by atoms with Crippen molar-refractivity contribution in [2.24, 2.45) is 0 Å². The second-order valence-electron chi connectivity index (χ2n) is 5.59. The molecule has 1 heterocycles. The van der Waals surface area contributed by atoms with Crippen LogP contribution in [0.4, 0.5) is 11.4 Å². The van der Waals surface area contributed by atoms with E-state index in [0.717, 1.165) is 5.69 Å². The molecule has 0 amide bonds. The predicted octanol–water partition coefficient (Wildman–Crippen LogP) is 1.65. The first-order valence-corrected chi connectivity index (χ1v) is 9.06. The lowest BCUT2D eigenvalue weighted by atomic mass is 10.1. The number of rotatable bonds is 3. The first-order valence-electron chi connectivity index (χ1n) is 7.62. The van der Waals surface area contributed by atoms with E-state index in [0.29, 0.717) is 42.3 Å². The number of piperazine rings is 1. The van der Waals surface area contributed by atoms with Crippen LogP contribution >= 0.6 is 0 Å². The van der Waals surface area contributed by atoms with E-state index in [1.165, 1.54) is 4.31 Å². The number of nitrogen functional groups attached to an aromatic ring is 1. The summed E-state index contributed by atoms with van der Waals surface area (Å²) >= 11 is 0. The molecule has 0 radical (unpaired) electrons. The van der Waals surface area contributed by atoms with Crippen molar-refractivity contribution in [1.82, 2.24) is 4.31 Å². The molecule has 1 saturated heterocycles. The normalized spacial score (nSPS) is 15.9. The van der Waals surface area contributed by atoms with E-state index in [2.05, 4.69) is 6.07 Å². The molecule has 0 aromatic heterocycles. The highest BCUT2D eigenvalue weighted by Gasteiger charge is 2.29. The quantitative estimate of drug-likeness (QED) is 0.857. The Balaban J connectivity index is 1.76. The number of anilines is 2. The number of hydrogen-bond acceptors (Lipinski definition) is 5. The number of benzene rings is 2. The second-order valence-corrected chi connectivity index (χ2v) is 7.53. The third kappa shape index (κ3) is 3.07. The lowest BCUT2D eigenvalue weighted by Gasteiger charge is -2.35. The standard InChI is InChI=1S/C17H18N4O2S/c18-13-14-12-15(19)6-7-17(14)20-8-10-21(11-9-20)24(22,23)16-4-2-1-3-5-16/h1-7,12H,8-11,19H2. The molecule has 1 aliphatic heterocycles. The van der Waals surface area contributed by atoms with Crippen molar-refractivity contribution in [1.29, 1.82) is 5.26 Å². The molecule has 2 N–H and O–H groups in total. The van der Waals surface area contributed by atoms with Crippen LogP contribution in [-0.4, -0.2) is 38.9 Å². The maximum Gasteiger partial charge on any atom is 0.243 e. The Hall–Kier alpha value is -2.56. The first kappa shape index (κ1) is 16.3. The highest BCUT2D eigenvalue weighted by molar-refractivity contribution is 7.89. The lowest BCUT2D eigenvalue weighted by Crippen LogP contribution is -2.48. The first-order chi connectivity index (χ1) is 11.5. The van der Waals surface area contributed by atoms with Gasteiger partial charge in [-0.3, -0.25) is 0 Å². The van der Waals surface area contributed by atoms with E-state index in [9.17, 15) is 13.7 Å². The third-order valence-corrected chi connectivity index (χ3v) is 6.01. The topological polar surface area (TPSA) is 90.4 Å². The minimum atomic E-state index is -3.47. The molecule has 0 atom stereocenters.